The van der Waals surface area contributed by atoms with E-state index in [4.69, 9.17) is 16.3 Å². The standard InChI is InChI=1S/C11H16ClNO4S2/c1-13(8-11(14)4-6-17-7-5-11)19(15,16)10-3-2-9(12)18-10/h2-3,14H,4-8H2,1H3. The van der Waals surface area contributed by atoms with Crippen molar-refractivity contribution >= 4 is 33.0 Å². The Kier molecular flexibility index (Phi) is 4.54. The molecule has 108 valence electrons. The van der Waals surface area contributed by atoms with Crippen LogP contribution in [0.15, 0.2) is 16.3 Å². The van der Waals surface area contributed by atoms with Crippen molar-refractivity contribution in [2.75, 3.05) is 26.8 Å². The number of likely N-dealkylation sites (N-methyl/N-ethyl adjacent to an activating group) is 1. The highest BCUT2D eigenvalue weighted by atomic mass is 35.5. The molecule has 1 aromatic rings. The minimum atomic E-state index is -3.59. The largest absolute Gasteiger partial charge is 0.388 e. The van der Waals surface area contributed by atoms with Crippen LogP contribution in [0.25, 0.3) is 0 Å². The van der Waals surface area contributed by atoms with Crippen LogP contribution in [0, 0.1) is 0 Å². The van der Waals surface area contributed by atoms with Gasteiger partial charge in [-0.1, -0.05) is 11.6 Å². The third-order valence-electron chi connectivity index (χ3n) is 3.15. The molecular formula is C11H16ClNO4S2. The lowest BCUT2D eigenvalue weighted by Gasteiger charge is -2.34. The van der Waals surface area contributed by atoms with Gasteiger partial charge in [-0.2, -0.15) is 4.31 Å². The highest BCUT2D eigenvalue weighted by molar-refractivity contribution is 7.91. The van der Waals surface area contributed by atoms with Crippen molar-refractivity contribution in [3.05, 3.63) is 16.5 Å². The summed E-state index contributed by atoms with van der Waals surface area (Å²) in [6, 6.07) is 3.03. The van der Waals surface area contributed by atoms with E-state index in [1.807, 2.05) is 0 Å². The third kappa shape index (κ3) is 3.48. The molecule has 1 aromatic heterocycles. The first-order chi connectivity index (χ1) is 8.83. The zero-order valence-electron chi connectivity index (χ0n) is 10.5. The van der Waals surface area contributed by atoms with E-state index in [0.717, 1.165) is 11.3 Å². The lowest BCUT2D eigenvalue weighted by Crippen LogP contribution is -2.47. The number of hydrogen-bond acceptors (Lipinski definition) is 5. The van der Waals surface area contributed by atoms with Crippen molar-refractivity contribution < 1.29 is 18.3 Å². The lowest BCUT2D eigenvalue weighted by atomic mass is 9.95. The molecule has 0 saturated carbocycles. The molecular weight excluding hydrogens is 310 g/mol. The number of thiophene rings is 1. The zero-order valence-corrected chi connectivity index (χ0v) is 12.9. The highest BCUT2D eigenvalue weighted by Gasteiger charge is 2.35. The minimum Gasteiger partial charge on any atom is -0.388 e. The first-order valence-corrected chi connectivity index (χ1v) is 8.49. The summed E-state index contributed by atoms with van der Waals surface area (Å²) in [5.74, 6) is 0. The summed E-state index contributed by atoms with van der Waals surface area (Å²) in [4.78, 5) is 0. The van der Waals surface area contributed by atoms with E-state index < -0.39 is 15.6 Å². The van der Waals surface area contributed by atoms with Crippen molar-refractivity contribution in [2.45, 2.75) is 22.7 Å². The number of halogens is 1. The Morgan fingerprint density at radius 3 is 2.63 bits per heavy atom. The molecule has 0 aromatic carbocycles. The van der Waals surface area contributed by atoms with Crippen LogP contribution in [-0.4, -0.2) is 50.2 Å². The Morgan fingerprint density at radius 1 is 1.47 bits per heavy atom. The van der Waals surface area contributed by atoms with Crippen LogP contribution in [0.1, 0.15) is 12.8 Å². The summed E-state index contributed by atoms with van der Waals surface area (Å²) < 4.78 is 31.6. The van der Waals surface area contributed by atoms with Crippen molar-refractivity contribution in [2.24, 2.45) is 0 Å². The van der Waals surface area contributed by atoms with Gasteiger partial charge in [-0.3, -0.25) is 0 Å². The van der Waals surface area contributed by atoms with Crippen LogP contribution >= 0.6 is 22.9 Å². The molecule has 0 amide bonds. The molecule has 5 nitrogen and oxygen atoms in total. The number of sulfonamides is 1. The molecule has 8 heteroatoms. The topological polar surface area (TPSA) is 66.8 Å². The van der Waals surface area contributed by atoms with Gasteiger partial charge >= 0.3 is 0 Å². The van der Waals surface area contributed by atoms with Crippen molar-refractivity contribution in [1.82, 2.24) is 4.31 Å². The second-order valence-electron chi connectivity index (χ2n) is 4.66. The summed E-state index contributed by atoms with van der Waals surface area (Å²) in [5.41, 5.74) is -1.01. The molecule has 1 N–H and O–H groups in total. The van der Waals surface area contributed by atoms with Crippen LogP contribution < -0.4 is 0 Å². The Hall–Kier alpha value is -0.180. The molecule has 1 saturated heterocycles. The summed E-state index contributed by atoms with van der Waals surface area (Å²) in [6.07, 6.45) is 0.885. The minimum absolute atomic E-state index is 0.0637. The summed E-state index contributed by atoms with van der Waals surface area (Å²) in [6.45, 7) is 0.971. The SMILES string of the molecule is CN(CC1(O)CCOCC1)S(=O)(=O)c1ccc(Cl)s1. The average Bonchev–Trinajstić information content (AvgIpc) is 2.77. The van der Waals surface area contributed by atoms with E-state index in [1.165, 1.54) is 17.4 Å². The smallest absolute Gasteiger partial charge is 0.252 e. The van der Waals surface area contributed by atoms with Gasteiger partial charge < -0.3 is 9.84 Å². The fourth-order valence-electron chi connectivity index (χ4n) is 2.00. The number of ether oxygens (including phenoxy) is 1. The maximum atomic E-state index is 12.3. The Labute approximate surface area is 121 Å². The molecule has 2 heterocycles. The number of hydrogen-bond donors (Lipinski definition) is 1. The normalized spacial score (nSPS) is 19.8. The van der Waals surface area contributed by atoms with E-state index in [1.54, 1.807) is 6.07 Å². The van der Waals surface area contributed by atoms with E-state index >= 15 is 0 Å². The van der Waals surface area contributed by atoms with Gasteiger partial charge in [0.2, 0.25) is 0 Å². The van der Waals surface area contributed by atoms with Gasteiger partial charge in [-0.05, 0) is 12.1 Å². The van der Waals surface area contributed by atoms with E-state index in [9.17, 15) is 13.5 Å². The van der Waals surface area contributed by atoms with E-state index in [-0.39, 0.29) is 10.8 Å². The van der Waals surface area contributed by atoms with Gasteiger partial charge in [0.05, 0.1) is 9.94 Å². The number of rotatable bonds is 4. The van der Waals surface area contributed by atoms with Crippen molar-refractivity contribution in [1.29, 1.82) is 0 Å². The van der Waals surface area contributed by atoms with Crippen LogP contribution in [0.2, 0.25) is 4.34 Å². The number of aliphatic hydroxyl groups is 1. The molecule has 0 unspecified atom stereocenters. The zero-order chi connectivity index (χ0) is 14.1. The average molecular weight is 326 g/mol. The fourth-order valence-corrected chi connectivity index (χ4v) is 4.94. The van der Waals surface area contributed by atoms with Gasteiger partial charge in [-0.15, -0.1) is 11.3 Å². The molecule has 0 radical (unpaired) electrons. The van der Waals surface area contributed by atoms with Gasteiger partial charge in [0.15, 0.2) is 0 Å². The predicted molar refractivity (Wildman–Crippen MR) is 74.1 cm³/mol. The van der Waals surface area contributed by atoms with Gasteiger partial charge in [0.1, 0.15) is 4.21 Å². The summed E-state index contributed by atoms with van der Waals surface area (Å²) >= 11 is 6.77. The molecule has 0 aliphatic carbocycles. The van der Waals surface area contributed by atoms with Crippen LogP contribution in [0.5, 0.6) is 0 Å². The molecule has 1 aliphatic rings. The van der Waals surface area contributed by atoms with E-state index in [0.29, 0.717) is 30.4 Å². The molecule has 2 rings (SSSR count). The Morgan fingerprint density at radius 2 is 2.11 bits per heavy atom. The third-order valence-corrected chi connectivity index (χ3v) is 6.66. The number of nitrogens with zero attached hydrogens (tertiary/aromatic N) is 1. The molecule has 1 fully saturated rings. The second kappa shape index (κ2) is 5.67. The predicted octanol–water partition coefficient (Wildman–Crippen LogP) is 1.56. The Balaban J connectivity index is 2.12. The lowest BCUT2D eigenvalue weighted by molar-refractivity contribution is -0.0689. The molecule has 19 heavy (non-hydrogen) atoms. The van der Waals surface area contributed by atoms with E-state index in [2.05, 4.69) is 0 Å². The van der Waals surface area contributed by atoms with Crippen LogP contribution in [-0.2, 0) is 14.8 Å². The Bertz CT molecular complexity index is 537. The first kappa shape index (κ1) is 15.2. The quantitative estimate of drug-likeness (QED) is 0.912. The van der Waals surface area contributed by atoms with Gasteiger partial charge in [0.25, 0.3) is 10.0 Å². The van der Waals surface area contributed by atoms with Crippen LogP contribution in [0.4, 0.5) is 0 Å². The maximum absolute atomic E-state index is 12.3. The van der Waals surface area contributed by atoms with Crippen molar-refractivity contribution in [3.63, 3.8) is 0 Å². The highest BCUT2D eigenvalue weighted by Crippen LogP contribution is 2.29. The van der Waals surface area contributed by atoms with Gasteiger partial charge in [-0.25, -0.2) is 8.42 Å². The maximum Gasteiger partial charge on any atom is 0.252 e. The van der Waals surface area contributed by atoms with Gasteiger partial charge in [0, 0.05) is 39.6 Å². The fraction of sp³-hybridized carbons (Fsp3) is 0.636. The molecule has 0 bridgehead atoms. The monoisotopic (exact) mass is 325 g/mol. The molecule has 0 atom stereocenters. The summed E-state index contributed by atoms with van der Waals surface area (Å²) in [5, 5.41) is 10.3. The second-order valence-corrected chi connectivity index (χ2v) is 8.64. The molecule has 0 spiro atoms. The summed E-state index contributed by atoms with van der Waals surface area (Å²) in [7, 11) is -2.12. The van der Waals surface area contributed by atoms with Crippen molar-refractivity contribution in [3.8, 4) is 0 Å². The first-order valence-electron chi connectivity index (χ1n) is 5.85. The molecule has 1 aliphatic heterocycles. The van der Waals surface area contributed by atoms with Crippen LogP contribution in [0.3, 0.4) is 0 Å².